The van der Waals surface area contributed by atoms with Crippen molar-refractivity contribution in [3.63, 3.8) is 0 Å². The van der Waals surface area contributed by atoms with Crippen LogP contribution in [0.25, 0.3) is 0 Å². The van der Waals surface area contributed by atoms with Crippen molar-refractivity contribution in [2.24, 2.45) is 5.92 Å². The standard InChI is InChI=1S/C9H20N2S.2H2/c1-7(2)5-6-10-9(12)11-8(3)4;;/h7-8H,5-6H2,1-4H3,(H2,10,11,12);2*1H. The van der Waals surface area contributed by atoms with Crippen LogP contribution >= 0.6 is 12.2 Å². The fraction of sp³-hybridized carbons (Fsp3) is 0.889. The summed E-state index contributed by atoms with van der Waals surface area (Å²) in [5.41, 5.74) is 0. The second-order valence-electron chi connectivity index (χ2n) is 3.74. The normalized spacial score (nSPS) is 10.5. The smallest absolute Gasteiger partial charge is 0.166 e. The van der Waals surface area contributed by atoms with Gasteiger partial charge < -0.3 is 10.6 Å². The Hall–Kier alpha value is -0.310. The van der Waals surface area contributed by atoms with Gasteiger partial charge >= 0.3 is 0 Å². The quantitative estimate of drug-likeness (QED) is 0.669. The van der Waals surface area contributed by atoms with Gasteiger partial charge in [0.15, 0.2) is 5.11 Å². The summed E-state index contributed by atoms with van der Waals surface area (Å²) in [6.07, 6.45) is 1.17. The Kier molecular flexibility index (Phi) is 6.07. The van der Waals surface area contributed by atoms with E-state index in [0.29, 0.717) is 6.04 Å². The number of thiocarbonyl (C=S) groups is 1. The number of hydrogen-bond donors (Lipinski definition) is 2. The van der Waals surface area contributed by atoms with E-state index >= 15 is 0 Å². The summed E-state index contributed by atoms with van der Waals surface area (Å²) in [4.78, 5) is 0. The molecule has 0 aromatic rings. The summed E-state index contributed by atoms with van der Waals surface area (Å²) in [7, 11) is 0. The maximum absolute atomic E-state index is 5.06. The fourth-order valence-electron chi connectivity index (χ4n) is 0.788. The van der Waals surface area contributed by atoms with Crippen LogP contribution in [0, 0.1) is 5.92 Å². The Morgan fingerprint density at radius 1 is 1.33 bits per heavy atom. The molecule has 3 heteroatoms. The zero-order valence-electron chi connectivity index (χ0n) is 8.48. The molecule has 0 rings (SSSR count). The summed E-state index contributed by atoms with van der Waals surface area (Å²) in [5, 5.41) is 7.07. The fourth-order valence-corrected chi connectivity index (χ4v) is 1.13. The predicted octanol–water partition coefficient (Wildman–Crippen LogP) is 2.40. The van der Waals surface area contributed by atoms with Crippen LogP contribution in [0.4, 0.5) is 0 Å². The molecule has 0 saturated heterocycles. The van der Waals surface area contributed by atoms with E-state index in [1.54, 1.807) is 0 Å². The molecular weight excluding hydrogens is 168 g/mol. The first kappa shape index (κ1) is 11.7. The van der Waals surface area contributed by atoms with Gasteiger partial charge in [0, 0.05) is 15.4 Å². The van der Waals surface area contributed by atoms with E-state index in [0.717, 1.165) is 17.6 Å². The SMILES string of the molecule is CC(C)CCNC(=S)NC(C)C.[HH].[HH]. The Balaban J connectivity index is -0.000000605. The zero-order valence-corrected chi connectivity index (χ0v) is 9.29. The van der Waals surface area contributed by atoms with Crippen molar-refractivity contribution in [2.45, 2.75) is 40.2 Å². The van der Waals surface area contributed by atoms with Crippen molar-refractivity contribution in [3.8, 4) is 0 Å². The summed E-state index contributed by atoms with van der Waals surface area (Å²) >= 11 is 5.06. The van der Waals surface area contributed by atoms with Crippen LogP contribution in [-0.4, -0.2) is 17.7 Å². The third-order valence-electron chi connectivity index (χ3n) is 1.43. The van der Waals surface area contributed by atoms with Gasteiger partial charge in [-0.2, -0.15) is 0 Å². The lowest BCUT2D eigenvalue weighted by Gasteiger charge is -2.13. The molecule has 0 unspecified atom stereocenters. The van der Waals surface area contributed by atoms with Crippen LogP contribution in [0.2, 0.25) is 0 Å². The lowest BCUT2D eigenvalue weighted by atomic mass is 10.1. The van der Waals surface area contributed by atoms with E-state index in [2.05, 4.69) is 38.3 Å². The van der Waals surface area contributed by atoms with Crippen molar-refractivity contribution in [1.29, 1.82) is 0 Å². The maximum Gasteiger partial charge on any atom is 0.166 e. The van der Waals surface area contributed by atoms with Gasteiger partial charge in [-0.15, -0.1) is 0 Å². The molecule has 0 aliphatic heterocycles. The second-order valence-corrected chi connectivity index (χ2v) is 4.15. The Morgan fingerprint density at radius 2 is 1.92 bits per heavy atom. The molecule has 0 atom stereocenters. The first-order chi connectivity index (χ1) is 5.52. The first-order valence-electron chi connectivity index (χ1n) is 4.56. The van der Waals surface area contributed by atoms with Crippen molar-refractivity contribution < 1.29 is 2.85 Å². The van der Waals surface area contributed by atoms with E-state index < -0.39 is 0 Å². The van der Waals surface area contributed by atoms with E-state index in [-0.39, 0.29) is 2.85 Å². The maximum atomic E-state index is 5.06. The highest BCUT2D eigenvalue weighted by Gasteiger charge is 1.97. The molecule has 2 N–H and O–H groups in total. The highest BCUT2D eigenvalue weighted by atomic mass is 32.1. The van der Waals surface area contributed by atoms with Gasteiger partial charge in [0.2, 0.25) is 0 Å². The first-order valence-corrected chi connectivity index (χ1v) is 4.97. The lowest BCUT2D eigenvalue weighted by molar-refractivity contribution is 0.573. The molecule has 0 spiro atoms. The predicted molar refractivity (Wildman–Crippen MR) is 62.6 cm³/mol. The van der Waals surface area contributed by atoms with Crippen molar-refractivity contribution in [2.75, 3.05) is 6.54 Å². The highest BCUT2D eigenvalue weighted by molar-refractivity contribution is 7.80. The minimum atomic E-state index is 0. The molecule has 0 aliphatic carbocycles. The van der Waals surface area contributed by atoms with Gasteiger partial charge in [0.25, 0.3) is 0 Å². The molecule has 2 nitrogen and oxygen atoms in total. The molecule has 0 saturated carbocycles. The van der Waals surface area contributed by atoms with Gasteiger partial charge in [-0.25, -0.2) is 0 Å². The molecule has 12 heavy (non-hydrogen) atoms. The highest BCUT2D eigenvalue weighted by Crippen LogP contribution is 1.95. The third kappa shape index (κ3) is 7.79. The van der Waals surface area contributed by atoms with Crippen molar-refractivity contribution in [1.82, 2.24) is 10.6 Å². The molecule has 0 aromatic carbocycles. The summed E-state index contributed by atoms with van der Waals surface area (Å²) in [5.74, 6) is 0.736. The Morgan fingerprint density at radius 3 is 2.33 bits per heavy atom. The van der Waals surface area contributed by atoms with Crippen LogP contribution in [0.1, 0.15) is 37.0 Å². The van der Waals surface area contributed by atoms with Crippen molar-refractivity contribution >= 4 is 17.3 Å². The largest absolute Gasteiger partial charge is 0.363 e. The summed E-state index contributed by atoms with van der Waals surface area (Å²) < 4.78 is 0. The van der Waals surface area contributed by atoms with Crippen LogP contribution in [0.3, 0.4) is 0 Å². The van der Waals surface area contributed by atoms with Crippen LogP contribution in [0.5, 0.6) is 0 Å². The lowest BCUT2D eigenvalue weighted by Crippen LogP contribution is -2.39. The molecule has 0 aromatic heterocycles. The molecule has 0 radical (unpaired) electrons. The van der Waals surface area contributed by atoms with E-state index in [1.165, 1.54) is 6.42 Å². The van der Waals surface area contributed by atoms with Crippen LogP contribution in [-0.2, 0) is 0 Å². The molecule has 0 heterocycles. The van der Waals surface area contributed by atoms with Gasteiger partial charge in [-0.05, 0) is 38.4 Å². The van der Waals surface area contributed by atoms with Gasteiger partial charge in [0.05, 0.1) is 0 Å². The molecule has 0 fully saturated rings. The van der Waals surface area contributed by atoms with E-state index in [9.17, 15) is 0 Å². The number of hydrogen-bond acceptors (Lipinski definition) is 1. The number of rotatable bonds is 4. The zero-order chi connectivity index (χ0) is 9.56. The van der Waals surface area contributed by atoms with Gasteiger partial charge in [-0.3, -0.25) is 0 Å². The average Bonchev–Trinajstić information content (AvgIpc) is 1.84. The molecule has 76 valence electrons. The topological polar surface area (TPSA) is 24.1 Å². The molecule has 0 bridgehead atoms. The third-order valence-corrected chi connectivity index (χ3v) is 1.69. The van der Waals surface area contributed by atoms with Gasteiger partial charge in [0.1, 0.15) is 0 Å². The Bertz CT molecular complexity index is 141. The number of nitrogens with one attached hydrogen (secondary N) is 2. The van der Waals surface area contributed by atoms with E-state index in [1.807, 2.05) is 0 Å². The minimum absolute atomic E-state index is 0. The van der Waals surface area contributed by atoms with Crippen molar-refractivity contribution in [3.05, 3.63) is 0 Å². The molecular formula is C9H24N2S. The van der Waals surface area contributed by atoms with Gasteiger partial charge in [-0.1, -0.05) is 13.8 Å². The minimum Gasteiger partial charge on any atom is -0.363 e. The second kappa shape index (κ2) is 6.23. The van der Waals surface area contributed by atoms with E-state index in [4.69, 9.17) is 12.2 Å². The summed E-state index contributed by atoms with van der Waals surface area (Å²) in [6, 6.07) is 0.420. The molecule has 0 amide bonds. The molecule has 0 aliphatic rings. The van der Waals surface area contributed by atoms with Crippen LogP contribution < -0.4 is 10.6 Å². The monoisotopic (exact) mass is 192 g/mol. The summed E-state index contributed by atoms with van der Waals surface area (Å²) in [6.45, 7) is 9.55. The Labute approximate surface area is 84.1 Å². The average molecular weight is 192 g/mol. The van der Waals surface area contributed by atoms with Crippen LogP contribution in [0.15, 0.2) is 0 Å².